The van der Waals surface area contributed by atoms with Crippen molar-refractivity contribution >= 4 is 11.8 Å². The van der Waals surface area contributed by atoms with E-state index in [1.165, 1.54) is 0 Å². The number of amides is 2. The van der Waals surface area contributed by atoms with Crippen LogP contribution in [-0.2, 0) is 4.79 Å². The first kappa shape index (κ1) is 14.2. The second kappa shape index (κ2) is 6.79. The summed E-state index contributed by atoms with van der Waals surface area (Å²) >= 11 is 0. The maximum absolute atomic E-state index is 12.0. The topological polar surface area (TPSA) is 49.4 Å². The quantitative estimate of drug-likeness (QED) is 0.861. The highest BCUT2D eigenvalue weighted by Crippen LogP contribution is 2.00. The third kappa shape index (κ3) is 3.58. The molecule has 1 aromatic rings. The molecule has 0 fully saturated rings. The summed E-state index contributed by atoms with van der Waals surface area (Å²) in [6.45, 7) is 6.86. The van der Waals surface area contributed by atoms with Crippen LogP contribution in [0.3, 0.4) is 0 Å². The summed E-state index contributed by atoms with van der Waals surface area (Å²) in [7, 11) is 0. The van der Waals surface area contributed by atoms with E-state index in [-0.39, 0.29) is 11.8 Å². The van der Waals surface area contributed by atoms with Crippen molar-refractivity contribution in [3.8, 4) is 0 Å². The van der Waals surface area contributed by atoms with Crippen molar-refractivity contribution in [2.45, 2.75) is 26.8 Å². The third-order valence-corrected chi connectivity index (χ3v) is 2.83. The molecule has 98 valence electrons. The molecule has 0 heterocycles. The molecule has 0 saturated heterocycles. The summed E-state index contributed by atoms with van der Waals surface area (Å²) in [5.74, 6) is -0.270. The zero-order valence-electron chi connectivity index (χ0n) is 11.1. The molecule has 2 amide bonds. The molecule has 0 bridgehead atoms. The van der Waals surface area contributed by atoms with Gasteiger partial charge < -0.3 is 10.2 Å². The van der Waals surface area contributed by atoms with E-state index >= 15 is 0 Å². The predicted octanol–water partition coefficient (Wildman–Crippen LogP) is 1.67. The van der Waals surface area contributed by atoms with E-state index in [1.54, 1.807) is 36.1 Å². The van der Waals surface area contributed by atoms with Crippen LogP contribution in [0.15, 0.2) is 30.3 Å². The molecule has 0 radical (unpaired) electrons. The van der Waals surface area contributed by atoms with Crippen LogP contribution in [-0.4, -0.2) is 35.8 Å². The summed E-state index contributed by atoms with van der Waals surface area (Å²) in [4.78, 5) is 25.6. The van der Waals surface area contributed by atoms with Crippen LogP contribution in [0.5, 0.6) is 0 Å². The molecule has 0 aliphatic rings. The molecule has 0 unspecified atom stereocenters. The minimum absolute atomic E-state index is 0.0516. The lowest BCUT2D eigenvalue weighted by atomic mass is 10.2. The second-order valence-corrected chi connectivity index (χ2v) is 4.07. The molecule has 0 aromatic heterocycles. The molecule has 0 aliphatic carbocycles. The van der Waals surface area contributed by atoms with Gasteiger partial charge in [0.05, 0.1) is 0 Å². The van der Waals surface area contributed by atoms with Gasteiger partial charge in [0, 0.05) is 18.7 Å². The largest absolute Gasteiger partial charge is 0.341 e. The predicted molar refractivity (Wildman–Crippen MR) is 71.3 cm³/mol. The van der Waals surface area contributed by atoms with Crippen molar-refractivity contribution in [1.29, 1.82) is 0 Å². The van der Waals surface area contributed by atoms with E-state index in [0.717, 1.165) is 0 Å². The highest BCUT2D eigenvalue weighted by atomic mass is 16.2. The van der Waals surface area contributed by atoms with Crippen molar-refractivity contribution in [1.82, 2.24) is 10.2 Å². The first-order valence-electron chi connectivity index (χ1n) is 6.24. The first-order chi connectivity index (χ1) is 8.60. The standard InChI is InChI=1S/C14H20N2O2/c1-4-16(5-2)14(18)11(3)15-13(17)12-9-7-6-8-10-12/h6-11H,4-5H2,1-3H3,(H,15,17)/t11-/m0/s1. The molecule has 0 saturated carbocycles. The minimum Gasteiger partial charge on any atom is -0.341 e. The van der Waals surface area contributed by atoms with E-state index in [0.29, 0.717) is 18.7 Å². The Morgan fingerprint density at radius 2 is 1.72 bits per heavy atom. The normalized spacial score (nSPS) is 11.7. The summed E-state index contributed by atoms with van der Waals surface area (Å²) in [6.07, 6.45) is 0. The number of rotatable bonds is 5. The number of nitrogens with zero attached hydrogens (tertiary/aromatic N) is 1. The Labute approximate surface area is 108 Å². The number of hydrogen-bond donors (Lipinski definition) is 1. The highest BCUT2D eigenvalue weighted by molar-refractivity contribution is 5.97. The maximum Gasteiger partial charge on any atom is 0.251 e. The Morgan fingerprint density at radius 3 is 2.22 bits per heavy atom. The van der Waals surface area contributed by atoms with Crippen LogP contribution in [0.25, 0.3) is 0 Å². The van der Waals surface area contributed by atoms with Gasteiger partial charge in [-0.2, -0.15) is 0 Å². The Kier molecular flexibility index (Phi) is 5.36. The van der Waals surface area contributed by atoms with E-state index in [1.807, 2.05) is 19.9 Å². The fraction of sp³-hybridized carbons (Fsp3) is 0.429. The van der Waals surface area contributed by atoms with Gasteiger partial charge in [0.25, 0.3) is 5.91 Å². The van der Waals surface area contributed by atoms with Crippen molar-refractivity contribution in [3.63, 3.8) is 0 Å². The van der Waals surface area contributed by atoms with Gasteiger partial charge in [0.1, 0.15) is 6.04 Å². The highest BCUT2D eigenvalue weighted by Gasteiger charge is 2.20. The lowest BCUT2D eigenvalue weighted by Gasteiger charge is -2.23. The SMILES string of the molecule is CCN(CC)C(=O)[C@H](C)NC(=O)c1ccccc1. The van der Waals surface area contributed by atoms with Crippen LogP contribution in [0.4, 0.5) is 0 Å². The van der Waals surface area contributed by atoms with Crippen LogP contribution < -0.4 is 5.32 Å². The molecule has 1 N–H and O–H groups in total. The molecule has 1 atom stereocenters. The monoisotopic (exact) mass is 248 g/mol. The fourth-order valence-electron chi connectivity index (χ4n) is 1.74. The molecule has 0 aliphatic heterocycles. The molecule has 4 nitrogen and oxygen atoms in total. The molecule has 18 heavy (non-hydrogen) atoms. The zero-order chi connectivity index (χ0) is 13.5. The van der Waals surface area contributed by atoms with Gasteiger partial charge in [-0.15, -0.1) is 0 Å². The molecule has 1 aromatic carbocycles. The van der Waals surface area contributed by atoms with Gasteiger partial charge >= 0.3 is 0 Å². The van der Waals surface area contributed by atoms with Crippen molar-refractivity contribution in [2.75, 3.05) is 13.1 Å². The molecule has 4 heteroatoms. The Balaban J connectivity index is 2.62. The van der Waals surface area contributed by atoms with E-state index < -0.39 is 6.04 Å². The van der Waals surface area contributed by atoms with Crippen molar-refractivity contribution in [2.24, 2.45) is 0 Å². The van der Waals surface area contributed by atoms with Crippen molar-refractivity contribution in [3.05, 3.63) is 35.9 Å². The number of carbonyl (C=O) groups excluding carboxylic acids is 2. The number of likely N-dealkylation sites (N-methyl/N-ethyl adjacent to an activating group) is 1. The summed E-state index contributed by atoms with van der Waals surface area (Å²) in [5, 5.41) is 2.71. The van der Waals surface area contributed by atoms with Gasteiger partial charge in [-0.3, -0.25) is 9.59 Å². The number of benzene rings is 1. The Morgan fingerprint density at radius 1 is 1.17 bits per heavy atom. The summed E-state index contributed by atoms with van der Waals surface area (Å²) < 4.78 is 0. The average molecular weight is 248 g/mol. The van der Waals surface area contributed by atoms with Gasteiger partial charge in [-0.05, 0) is 32.9 Å². The lowest BCUT2D eigenvalue weighted by molar-refractivity contribution is -0.132. The second-order valence-electron chi connectivity index (χ2n) is 4.07. The fourth-order valence-corrected chi connectivity index (χ4v) is 1.74. The maximum atomic E-state index is 12.0. The average Bonchev–Trinajstić information content (AvgIpc) is 2.40. The van der Waals surface area contributed by atoms with Gasteiger partial charge in [-0.1, -0.05) is 18.2 Å². The summed E-state index contributed by atoms with van der Waals surface area (Å²) in [6, 6.07) is 8.39. The van der Waals surface area contributed by atoms with E-state index in [9.17, 15) is 9.59 Å². The van der Waals surface area contributed by atoms with Gasteiger partial charge in [-0.25, -0.2) is 0 Å². The van der Waals surface area contributed by atoms with Crippen LogP contribution in [0, 0.1) is 0 Å². The molecular weight excluding hydrogens is 228 g/mol. The Hall–Kier alpha value is -1.84. The molecular formula is C14H20N2O2. The molecule has 0 spiro atoms. The van der Waals surface area contributed by atoms with Gasteiger partial charge in [0.15, 0.2) is 0 Å². The zero-order valence-corrected chi connectivity index (χ0v) is 11.1. The number of nitrogens with one attached hydrogen (secondary N) is 1. The van der Waals surface area contributed by atoms with Crippen LogP contribution >= 0.6 is 0 Å². The number of hydrogen-bond acceptors (Lipinski definition) is 2. The lowest BCUT2D eigenvalue weighted by Crippen LogP contribution is -2.46. The van der Waals surface area contributed by atoms with Crippen molar-refractivity contribution < 1.29 is 9.59 Å². The minimum atomic E-state index is -0.502. The molecule has 1 rings (SSSR count). The van der Waals surface area contributed by atoms with Gasteiger partial charge in [0.2, 0.25) is 5.91 Å². The summed E-state index contributed by atoms with van der Waals surface area (Å²) in [5.41, 5.74) is 0.566. The smallest absolute Gasteiger partial charge is 0.251 e. The third-order valence-electron chi connectivity index (χ3n) is 2.83. The first-order valence-corrected chi connectivity index (χ1v) is 6.24. The van der Waals surface area contributed by atoms with Crippen LogP contribution in [0.2, 0.25) is 0 Å². The van der Waals surface area contributed by atoms with Crippen LogP contribution in [0.1, 0.15) is 31.1 Å². The van der Waals surface area contributed by atoms with E-state index in [4.69, 9.17) is 0 Å². The number of carbonyl (C=O) groups is 2. The Bertz CT molecular complexity index is 400. The van der Waals surface area contributed by atoms with E-state index in [2.05, 4.69) is 5.32 Å².